The summed E-state index contributed by atoms with van der Waals surface area (Å²) >= 11 is 0. The Morgan fingerprint density at radius 2 is 0.470 bits per heavy atom. The van der Waals surface area contributed by atoms with Crippen LogP contribution in [-0.4, -0.2) is 37.2 Å². The topological polar surface area (TPSA) is 78.9 Å². The average molecular weight is 1150 g/mol. The molecule has 0 aliphatic rings. The van der Waals surface area contributed by atoms with Gasteiger partial charge in [0.2, 0.25) is 0 Å². The smallest absolute Gasteiger partial charge is 0.306 e. The molecule has 1 unspecified atom stereocenters. The van der Waals surface area contributed by atoms with Crippen LogP contribution < -0.4 is 0 Å². The molecule has 0 aromatic rings. The zero-order valence-electron chi connectivity index (χ0n) is 54.4. The maximum Gasteiger partial charge on any atom is 0.306 e. The van der Waals surface area contributed by atoms with E-state index in [0.29, 0.717) is 19.3 Å². The molecule has 0 rings (SSSR count). The van der Waals surface area contributed by atoms with Crippen LogP contribution in [0.1, 0.15) is 329 Å². The second-order valence-corrected chi connectivity index (χ2v) is 23.1. The van der Waals surface area contributed by atoms with Crippen LogP contribution in [0, 0.1) is 0 Å². The Morgan fingerprint density at radius 1 is 0.253 bits per heavy atom. The van der Waals surface area contributed by atoms with Crippen molar-refractivity contribution in [3.63, 3.8) is 0 Å². The molecule has 0 aliphatic carbocycles. The molecule has 6 nitrogen and oxygen atoms in total. The molecule has 0 heterocycles. The molecule has 0 saturated carbocycles. The van der Waals surface area contributed by atoms with Crippen molar-refractivity contribution in [2.45, 2.75) is 335 Å². The molecule has 6 heteroatoms. The molecule has 83 heavy (non-hydrogen) atoms. The zero-order valence-corrected chi connectivity index (χ0v) is 54.4. The number of ether oxygens (including phenoxy) is 3. The summed E-state index contributed by atoms with van der Waals surface area (Å²) in [6.45, 7) is 6.50. The SMILES string of the molecule is CC/C=C\C/C=C\C/C=C\C/C=C\C/C=C\C/C=C\CCCCCCCCCCCCCCC(=O)OCC(COC(=O)CCCCCCC/C=C\CCCCCCCC)OC(=O)CCCCCCCC/C=C\C/C=C\C/C=C\CCCCC. The molecule has 474 valence electrons. The van der Waals surface area contributed by atoms with Crippen LogP contribution in [0.25, 0.3) is 0 Å². The first-order valence-electron chi connectivity index (χ1n) is 35.0. The van der Waals surface area contributed by atoms with Crippen molar-refractivity contribution in [3.8, 4) is 0 Å². The largest absolute Gasteiger partial charge is 0.462 e. The molecule has 1 atom stereocenters. The fourth-order valence-corrected chi connectivity index (χ4v) is 9.68. The van der Waals surface area contributed by atoms with Gasteiger partial charge in [-0.1, -0.05) is 296 Å². The highest BCUT2D eigenvalue weighted by Crippen LogP contribution is 2.16. The van der Waals surface area contributed by atoms with E-state index in [4.69, 9.17) is 14.2 Å². The van der Waals surface area contributed by atoms with E-state index in [-0.39, 0.29) is 31.1 Å². The van der Waals surface area contributed by atoms with E-state index in [1.165, 1.54) is 161 Å². The fourth-order valence-electron chi connectivity index (χ4n) is 9.68. The van der Waals surface area contributed by atoms with Gasteiger partial charge in [-0.3, -0.25) is 14.4 Å². The van der Waals surface area contributed by atoms with E-state index in [1.54, 1.807) is 0 Å². The van der Waals surface area contributed by atoms with Crippen LogP contribution in [0.4, 0.5) is 0 Å². The van der Waals surface area contributed by atoms with E-state index < -0.39 is 6.10 Å². The van der Waals surface area contributed by atoms with Crippen molar-refractivity contribution in [3.05, 3.63) is 122 Å². The maximum atomic E-state index is 12.9. The first-order chi connectivity index (χ1) is 41.0. The van der Waals surface area contributed by atoms with Crippen LogP contribution in [0.15, 0.2) is 122 Å². The summed E-state index contributed by atoms with van der Waals surface area (Å²) in [7, 11) is 0. The highest BCUT2D eigenvalue weighted by Gasteiger charge is 2.19. The van der Waals surface area contributed by atoms with Gasteiger partial charge in [0.25, 0.3) is 0 Å². The standard InChI is InChI=1S/C77H130O6/c1-4-7-10-13-16-19-22-25-28-30-32-33-34-35-36-37-38-39-40-41-42-43-45-46-49-52-55-58-61-64-67-70-76(79)82-73-74(72-81-75(78)69-66-63-60-57-54-51-48-27-24-21-18-15-12-9-6-3)83-77(80)71-68-65-62-59-56-53-50-47-44-31-29-26-23-20-17-14-11-8-5-2/h7,10,16-17,19-20,25-29,32-33,35-36,38-39,44,47-48,74H,4-6,8-9,11-15,18,21-24,30-31,34,37,40-43,45-46,49-73H2,1-3H3/b10-7-,19-16-,20-17-,28-25-,29-26-,33-32-,36-35-,39-38-,47-44-,48-27-. The van der Waals surface area contributed by atoms with Gasteiger partial charge in [0, 0.05) is 19.3 Å². The van der Waals surface area contributed by atoms with E-state index >= 15 is 0 Å². The van der Waals surface area contributed by atoms with E-state index in [9.17, 15) is 14.4 Å². The van der Waals surface area contributed by atoms with Gasteiger partial charge in [-0.25, -0.2) is 0 Å². The normalized spacial score (nSPS) is 12.9. The van der Waals surface area contributed by atoms with Gasteiger partial charge >= 0.3 is 17.9 Å². The Balaban J connectivity index is 4.32. The van der Waals surface area contributed by atoms with Crippen molar-refractivity contribution in [2.24, 2.45) is 0 Å². The summed E-state index contributed by atoms with van der Waals surface area (Å²) in [6.07, 6.45) is 97.8. The highest BCUT2D eigenvalue weighted by atomic mass is 16.6. The number of carbonyl (C=O) groups is 3. The number of hydrogen-bond acceptors (Lipinski definition) is 6. The van der Waals surface area contributed by atoms with Gasteiger partial charge in [-0.2, -0.15) is 0 Å². The summed E-state index contributed by atoms with van der Waals surface area (Å²) in [6, 6.07) is 0. The Kier molecular flexibility index (Phi) is 66.7. The number of unbranched alkanes of at least 4 members (excludes halogenated alkanes) is 32. The molecule has 0 amide bonds. The average Bonchev–Trinajstić information content (AvgIpc) is 3.49. The molecule has 0 fully saturated rings. The lowest BCUT2D eigenvalue weighted by Gasteiger charge is -2.18. The third-order valence-corrected chi connectivity index (χ3v) is 14.9. The van der Waals surface area contributed by atoms with Gasteiger partial charge in [0.1, 0.15) is 13.2 Å². The van der Waals surface area contributed by atoms with Crippen molar-refractivity contribution in [2.75, 3.05) is 13.2 Å². The van der Waals surface area contributed by atoms with Gasteiger partial charge in [0.05, 0.1) is 0 Å². The van der Waals surface area contributed by atoms with Crippen LogP contribution >= 0.6 is 0 Å². The quantitative estimate of drug-likeness (QED) is 0.0261. The molecule has 0 aromatic carbocycles. The number of allylic oxidation sites excluding steroid dienone is 20. The van der Waals surface area contributed by atoms with E-state index in [0.717, 1.165) is 128 Å². The van der Waals surface area contributed by atoms with Crippen LogP contribution in [-0.2, 0) is 28.6 Å². The first-order valence-corrected chi connectivity index (χ1v) is 35.0. The second kappa shape index (κ2) is 70.3. The van der Waals surface area contributed by atoms with Crippen LogP contribution in [0.3, 0.4) is 0 Å². The lowest BCUT2D eigenvalue weighted by atomic mass is 10.0. The number of esters is 3. The minimum atomic E-state index is -0.793. The van der Waals surface area contributed by atoms with Gasteiger partial charge in [-0.05, 0) is 135 Å². The van der Waals surface area contributed by atoms with Crippen molar-refractivity contribution in [1.82, 2.24) is 0 Å². The first kappa shape index (κ1) is 78.8. The predicted octanol–water partition coefficient (Wildman–Crippen LogP) is 24.3. The number of carbonyl (C=O) groups excluding carboxylic acids is 3. The number of hydrogen-bond donors (Lipinski definition) is 0. The van der Waals surface area contributed by atoms with Gasteiger partial charge in [0.15, 0.2) is 6.10 Å². The zero-order chi connectivity index (χ0) is 59.9. The minimum absolute atomic E-state index is 0.0873. The van der Waals surface area contributed by atoms with Crippen molar-refractivity contribution < 1.29 is 28.6 Å². The number of rotatable bonds is 63. The molecule has 0 spiro atoms. The minimum Gasteiger partial charge on any atom is -0.462 e. The third-order valence-electron chi connectivity index (χ3n) is 14.9. The Bertz CT molecular complexity index is 1700. The third kappa shape index (κ3) is 68.5. The molecule has 0 bridgehead atoms. The molecular formula is C77H130O6. The molecule has 0 aliphatic heterocycles. The molecule has 0 saturated heterocycles. The highest BCUT2D eigenvalue weighted by molar-refractivity contribution is 5.71. The molecule has 0 aromatic heterocycles. The Morgan fingerprint density at radius 3 is 0.771 bits per heavy atom. The predicted molar refractivity (Wildman–Crippen MR) is 362 cm³/mol. The summed E-state index contributed by atoms with van der Waals surface area (Å²) < 4.78 is 17.0. The second-order valence-electron chi connectivity index (χ2n) is 23.1. The maximum absolute atomic E-state index is 12.9. The Labute approximate surface area is 513 Å². The van der Waals surface area contributed by atoms with Gasteiger partial charge in [-0.15, -0.1) is 0 Å². The lowest BCUT2D eigenvalue weighted by molar-refractivity contribution is -0.167. The Hall–Kier alpha value is -4.19. The molecule has 0 radical (unpaired) electrons. The van der Waals surface area contributed by atoms with Crippen molar-refractivity contribution >= 4 is 17.9 Å². The van der Waals surface area contributed by atoms with E-state index in [1.807, 2.05) is 0 Å². The van der Waals surface area contributed by atoms with E-state index in [2.05, 4.69) is 142 Å². The van der Waals surface area contributed by atoms with Crippen LogP contribution in [0.5, 0.6) is 0 Å². The summed E-state index contributed by atoms with van der Waals surface area (Å²) in [4.78, 5) is 38.4. The lowest BCUT2D eigenvalue weighted by Crippen LogP contribution is -2.30. The summed E-state index contributed by atoms with van der Waals surface area (Å²) in [5.74, 6) is -0.900. The van der Waals surface area contributed by atoms with Crippen LogP contribution in [0.2, 0.25) is 0 Å². The summed E-state index contributed by atoms with van der Waals surface area (Å²) in [5, 5.41) is 0. The fraction of sp³-hybridized carbons (Fsp3) is 0.701. The molecule has 0 N–H and O–H groups in total. The van der Waals surface area contributed by atoms with Crippen molar-refractivity contribution in [1.29, 1.82) is 0 Å². The molecular weight excluding hydrogens is 1020 g/mol. The van der Waals surface area contributed by atoms with Gasteiger partial charge < -0.3 is 14.2 Å². The monoisotopic (exact) mass is 1150 g/mol. The summed E-state index contributed by atoms with van der Waals surface area (Å²) in [5.41, 5.74) is 0.